The van der Waals surface area contributed by atoms with Crippen LogP contribution in [0.4, 0.5) is 11.4 Å². The predicted molar refractivity (Wildman–Crippen MR) is 130 cm³/mol. The van der Waals surface area contributed by atoms with Crippen LogP contribution in [0.3, 0.4) is 0 Å². The first-order valence-electron chi connectivity index (χ1n) is 11.0. The minimum atomic E-state index is 0.132. The summed E-state index contributed by atoms with van der Waals surface area (Å²) in [5.41, 5.74) is 10.6. The molecule has 0 bridgehead atoms. The van der Waals surface area contributed by atoms with Crippen LogP contribution in [0.25, 0.3) is 16.7 Å². The molecule has 0 unspecified atom stereocenters. The van der Waals surface area contributed by atoms with E-state index in [-0.39, 0.29) is 6.71 Å². The number of hydrogen-bond donors (Lipinski definition) is 2. The summed E-state index contributed by atoms with van der Waals surface area (Å²) in [6.07, 6.45) is 0. The summed E-state index contributed by atoms with van der Waals surface area (Å²) in [7, 11) is 0. The Bertz CT molecular complexity index is 1560. The van der Waals surface area contributed by atoms with Crippen molar-refractivity contribution >= 4 is 45.5 Å². The van der Waals surface area contributed by atoms with Gasteiger partial charge >= 0.3 is 0 Å². The summed E-state index contributed by atoms with van der Waals surface area (Å²) in [6.45, 7) is 4.42. The average molecular weight is 414 g/mol. The number of nitrogens with zero attached hydrogens (tertiary/aromatic N) is 1. The molecule has 0 saturated carbocycles. The lowest BCUT2D eigenvalue weighted by Gasteiger charge is -2.33. The molecular weight excluding hydrogens is 393 g/mol. The number of aromatic nitrogens is 2. The number of H-pyrrole nitrogens is 1. The number of ether oxygens (including phenoxy) is 1. The second-order valence-corrected chi connectivity index (χ2v) is 8.68. The van der Waals surface area contributed by atoms with Gasteiger partial charge in [0.25, 0.3) is 12.5 Å². The number of aromatic amines is 1. The third-order valence-corrected chi connectivity index (χ3v) is 6.80. The van der Waals surface area contributed by atoms with Crippen LogP contribution in [-0.2, 0) is 0 Å². The topological polar surface area (TPSA) is 40.9 Å². The number of nitrogens with one attached hydrogen (secondary N) is 2. The van der Waals surface area contributed by atoms with Crippen LogP contribution in [0, 0.1) is 13.8 Å². The van der Waals surface area contributed by atoms with E-state index in [4.69, 9.17) is 4.74 Å². The molecule has 0 aliphatic carbocycles. The molecule has 0 amide bonds. The number of imidazole rings is 1. The van der Waals surface area contributed by atoms with Gasteiger partial charge in [0.2, 0.25) is 5.52 Å². The molecule has 2 N–H and O–H groups in total. The SMILES string of the molecule is Cc1ccccc1-[n+]1c(C)[nH]c2cc3c4c(c21)Nc1ccccc1B4c1ccccc1O3. The lowest BCUT2D eigenvalue weighted by molar-refractivity contribution is -0.574. The van der Waals surface area contributed by atoms with E-state index < -0.39 is 0 Å². The summed E-state index contributed by atoms with van der Waals surface area (Å²) >= 11 is 0. The second kappa shape index (κ2) is 6.27. The fourth-order valence-corrected chi connectivity index (χ4v) is 5.43. The zero-order valence-electron chi connectivity index (χ0n) is 17.9. The zero-order chi connectivity index (χ0) is 21.4. The number of para-hydroxylation sites is 3. The molecule has 1 aromatic heterocycles. The van der Waals surface area contributed by atoms with Gasteiger partial charge in [-0.05, 0) is 41.6 Å². The Labute approximate surface area is 186 Å². The molecule has 4 aromatic carbocycles. The van der Waals surface area contributed by atoms with E-state index in [1.807, 2.05) is 6.07 Å². The van der Waals surface area contributed by atoms with E-state index in [1.54, 1.807) is 0 Å². The summed E-state index contributed by atoms with van der Waals surface area (Å²) in [6, 6.07) is 27.7. The molecule has 4 nitrogen and oxygen atoms in total. The third-order valence-electron chi connectivity index (χ3n) is 6.80. The summed E-state index contributed by atoms with van der Waals surface area (Å²) in [4.78, 5) is 3.61. The van der Waals surface area contributed by atoms with E-state index in [0.29, 0.717) is 0 Å². The molecule has 32 heavy (non-hydrogen) atoms. The van der Waals surface area contributed by atoms with Crippen LogP contribution < -0.4 is 31.0 Å². The highest BCUT2D eigenvalue weighted by Gasteiger charge is 2.41. The maximum Gasteiger partial charge on any atom is 0.257 e. The van der Waals surface area contributed by atoms with Gasteiger partial charge in [-0.25, -0.2) is 4.98 Å². The maximum atomic E-state index is 6.46. The summed E-state index contributed by atoms with van der Waals surface area (Å²) in [5, 5.41) is 3.78. The van der Waals surface area contributed by atoms with Crippen molar-refractivity contribution in [2.75, 3.05) is 5.32 Å². The van der Waals surface area contributed by atoms with E-state index >= 15 is 0 Å². The van der Waals surface area contributed by atoms with Crippen molar-refractivity contribution in [3.63, 3.8) is 0 Å². The average Bonchev–Trinajstić information content (AvgIpc) is 3.14. The first-order valence-corrected chi connectivity index (χ1v) is 11.0. The van der Waals surface area contributed by atoms with Gasteiger partial charge in [0.15, 0.2) is 5.52 Å². The Morgan fingerprint density at radius 2 is 1.56 bits per heavy atom. The number of rotatable bonds is 1. The molecule has 0 atom stereocenters. The van der Waals surface area contributed by atoms with Crippen LogP contribution in [-0.4, -0.2) is 11.7 Å². The van der Waals surface area contributed by atoms with Gasteiger partial charge in [-0.15, -0.1) is 0 Å². The zero-order valence-corrected chi connectivity index (χ0v) is 17.9. The fraction of sp³-hybridized carbons (Fsp3) is 0.0741. The molecule has 152 valence electrons. The maximum absolute atomic E-state index is 6.46. The molecule has 5 aromatic rings. The van der Waals surface area contributed by atoms with Crippen molar-refractivity contribution in [3.05, 3.63) is 90.3 Å². The minimum Gasteiger partial charge on any atom is -0.458 e. The van der Waals surface area contributed by atoms with Crippen LogP contribution in [0.2, 0.25) is 0 Å². The van der Waals surface area contributed by atoms with E-state index in [1.165, 1.54) is 27.6 Å². The number of benzene rings is 4. The van der Waals surface area contributed by atoms with Crippen molar-refractivity contribution in [3.8, 4) is 17.2 Å². The Morgan fingerprint density at radius 1 is 0.812 bits per heavy atom. The Morgan fingerprint density at radius 3 is 2.44 bits per heavy atom. The molecule has 2 aliphatic heterocycles. The molecule has 0 fully saturated rings. The van der Waals surface area contributed by atoms with Gasteiger partial charge in [-0.3, -0.25) is 0 Å². The number of anilines is 2. The smallest absolute Gasteiger partial charge is 0.257 e. The van der Waals surface area contributed by atoms with Gasteiger partial charge < -0.3 is 10.1 Å². The van der Waals surface area contributed by atoms with Gasteiger partial charge in [0.05, 0.1) is 5.69 Å². The van der Waals surface area contributed by atoms with Crippen LogP contribution >= 0.6 is 0 Å². The standard InChI is InChI=1S/C27H20BN3O/c1-16-9-3-7-13-22(16)31-17(2)29-21-15-24-25-26(27(21)31)30-20-12-6-4-10-18(20)28(25)19-11-5-8-14-23(19)32-24/h3-15,30H,1-2H3/p+1. The largest absolute Gasteiger partial charge is 0.458 e. The van der Waals surface area contributed by atoms with Crippen molar-refractivity contribution in [2.24, 2.45) is 0 Å². The molecule has 3 heterocycles. The lowest BCUT2D eigenvalue weighted by atomic mass is 9.34. The van der Waals surface area contributed by atoms with Gasteiger partial charge in [-0.2, -0.15) is 4.57 Å². The Balaban J connectivity index is 1.62. The summed E-state index contributed by atoms with van der Waals surface area (Å²) in [5.74, 6) is 2.93. The van der Waals surface area contributed by atoms with E-state index in [2.05, 4.69) is 102 Å². The first kappa shape index (κ1) is 17.7. The molecule has 5 heteroatoms. The van der Waals surface area contributed by atoms with Gasteiger partial charge in [-0.1, -0.05) is 54.6 Å². The van der Waals surface area contributed by atoms with Crippen molar-refractivity contribution in [1.29, 1.82) is 0 Å². The predicted octanol–water partition coefficient (Wildman–Crippen LogP) is 3.74. The molecule has 0 spiro atoms. The van der Waals surface area contributed by atoms with E-state index in [9.17, 15) is 0 Å². The Kier molecular flexibility index (Phi) is 3.46. The van der Waals surface area contributed by atoms with Crippen molar-refractivity contribution in [2.45, 2.75) is 13.8 Å². The lowest BCUT2D eigenvalue weighted by Crippen LogP contribution is -2.58. The highest BCUT2D eigenvalue weighted by Crippen LogP contribution is 2.36. The van der Waals surface area contributed by atoms with Crippen LogP contribution in [0.5, 0.6) is 11.5 Å². The fourth-order valence-electron chi connectivity index (χ4n) is 5.43. The number of hydrogen-bond acceptors (Lipinski definition) is 2. The van der Waals surface area contributed by atoms with Gasteiger partial charge in [0.1, 0.15) is 17.2 Å². The molecule has 2 aliphatic rings. The second-order valence-electron chi connectivity index (χ2n) is 8.68. The molecular formula is C27H21BN3O+. The number of aryl methyl sites for hydroxylation is 2. The monoisotopic (exact) mass is 414 g/mol. The molecule has 0 saturated heterocycles. The van der Waals surface area contributed by atoms with Crippen molar-refractivity contribution < 1.29 is 9.30 Å². The normalized spacial score (nSPS) is 13.1. The highest BCUT2D eigenvalue weighted by atomic mass is 16.5. The third kappa shape index (κ3) is 2.25. The van der Waals surface area contributed by atoms with Crippen molar-refractivity contribution in [1.82, 2.24) is 4.98 Å². The Hall–Kier alpha value is -3.99. The van der Waals surface area contributed by atoms with Crippen LogP contribution in [0.1, 0.15) is 11.4 Å². The summed E-state index contributed by atoms with van der Waals surface area (Å²) < 4.78 is 8.79. The quantitative estimate of drug-likeness (QED) is 0.318. The van der Waals surface area contributed by atoms with E-state index in [0.717, 1.165) is 39.7 Å². The highest BCUT2D eigenvalue weighted by molar-refractivity contribution is 6.99. The molecule has 0 radical (unpaired) electrons. The minimum absolute atomic E-state index is 0.132. The first-order chi connectivity index (χ1) is 15.7. The number of fused-ring (bicyclic) bond motifs is 6. The molecule has 7 rings (SSSR count). The van der Waals surface area contributed by atoms with Crippen LogP contribution in [0.15, 0.2) is 78.9 Å². The van der Waals surface area contributed by atoms with Gasteiger partial charge in [0, 0.05) is 24.1 Å².